The molecule has 0 heteroatoms. The van der Waals surface area contributed by atoms with Crippen LogP contribution in [0.1, 0.15) is 112 Å². The summed E-state index contributed by atoms with van der Waals surface area (Å²) >= 11 is 0. The molecule has 0 heterocycles. The molecular weight excluding hydrogens is 336 g/mol. The van der Waals surface area contributed by atoms with Gasteiger partial charge in [-0.1, -0.05) is 72.5 Å². The van der Waals surface area contributed by atoms with Crippen LogP contribution >= 0.6 is 0 Å². The minimum atomic E-state index is 0.553. The molecule has 4 rings (SSSR count). The van der Waals surface area contributed by atoms with Gasteiger partial charge in [-0.2, -0.15) is 0 Å². The number of hydrogen-bond donors (Lipinski definition) is 0. The SMILES string of the molecule is CC(C)CCC[C@@H](C)[C@H]1CCC2C3CC=C4C[C@@H](C)CC[C@]4(C)C3CCC21C. The molecule has 4 aliphatic rings. The number of fused-ring (bicyclic) bond motifs is 5. The zero-order chi connectivity index (χ0) is 20.1. The second-order valence-corrected chi connectivity index (χ2v) is 12.6. The van der Waals surface area contributed by atoms with Crippen LogP contribution in [0.25, 0.3) is 0 Å². The van der Waals surface area contributed by atoms with Gasteiger partial charge < -0.3 is 0 Å². The fourth-order valence-electron chi connectivity index (χ4n) is 8.87. The van der Waals surface area contributed by atoms with E-state index in [0.29, 0.717) is 10.8 Å². The molecule has 0 radical (unpaired) electrons. The molecule has 0 nitrogen and oxygen atoms in total. The zero-order valence-electron chi connectivity index (χ0n) is 19.9. The molecule has 8 atom stereocenters. The molecule has 0 aromatic rings. The smallest absolute Gasteiger partial charge is 0.00851 e. The summed E-state index contributed by atoms with van der Waals surface area (Å²) in [6, 6.07) is 0. The molecule has 3 saturated carbocycles. The molecule has 3 fully saturated rings. The second kappa shape index (κ2) is 7.77. The summed E-state index contributed by atoms with van der Waals surface area (Å²) in [6.07, 6.45) is 19.0. The third kappa shape index (κ3) is 3.43. The van der Waals surface area contributed by atoms with Crippen LogP contribution in [0, 0.1) is 52.3 Å². The fourth-order valence-corrected chi connectivity index (χ4v) is 8.87. The Morgan fingerprint density at radius 1 is 0.964 bits per heavy atom. The Hall–Kier alpha value is -0.260. The first-order valence-electron chi connectivity index (χ1n) is 12.9. The van der Waals surface area contributed by atoms with Crippen molar-refractivity contribution in [1.82, 2.24) is 0 Å². The van der Waals surface area contributed by atoms with Crippen LogP contribution in [0.5, 0.6) is 0 Å². The maximum Gasteiger partial charge on any atom is -0.00851 e. The second-order valence-electron chi connectivity index (χ2n) is 12.6. The summed E-state index contributed by atoms with van der Waals surface area (Å²) < 4.78 is 0. The average molecular weight is 385 g/mol. The molecule has 160 valence electrons. The van der Waals surface area contributed by atoms with Crippen LogP contribution in [0.4, 0.5) is 0 Å². The van der Waals surface area contributed by atoms with Crippen molar-refractivity contribution in [3.8, 4) is 0 Å². The molecule has 0 aromatic heterocycles. The van der Waals surface area contributed by atoms with Gasteiger partial charge in [0, 0.05) is 0 Å². The lowest BCUT2D eigenvalue weighted by Crippen LogP contribution is -2.50. The number of hydrogen-bond acceptors (Lipinski definition) is 0. The lowest BCUT2D eigenvalue weighted by atomic mass is 9.46. The summed E-state index contributed by atoms with van der Waals surface area (Å²) in [6.45, 7) is 15.3. The van der Waals surface area contributed by atoms with Gasteiger partial charge in [-0.15, -0.1) is 0 Å². The van der Waals surface area contributed by atoms with Gasteiger partial charge in [-0.05, 0) is 104 Å². The standard InChI is InChI=1S/C28H48/c1-19(2)8-7-9-21(4)24-12-13-25-23-11-10-22-18-20(3)14-16-27(22,5)26(23)15-17-28(24,25)6/h10,19-21,23-26H,7-9,11-18H2,1-6H3/t20-,21+,23?,24+,25?,26?,27-,28?/m0/s1. The van der Waals surface area contributed by atoms with Gasteiger partial charge in [0.15, 0.2) is 0 Å². The van der Waals surface area contributed by atoms with Crippen molar-refractivity contribution >= 4 is 0 Å². The summed E-state index contributed by atoms with van der Waals surface area (Å²) in [7, 11) is 0. The van der Waals surface area contributed by atoms with E-state index in [4.69, 9.17) is 0 Å². The van der Waals surface area contributed by atoms with E-state index >= 15 is 0 Å². The van der Waals surface area contributed by atoms with Crippen LogP contribution in [0.2, 0.25) is 0 Å². The summed E-state index contributed by atoms with van der Waals surface area (Å²) in [5.74, 6) is 6.73. The molecule has 0 amide bonds. The highest BCUT2D eigenvalue weighted by molar-refractivity contribution is 5.25. The monoisotopic (exact) mass is 384 g/mol. The zero-order valence-corrected chi connectivity index (χ0v) is 19.9. The van der Waals surface area contributed by atoms with Crippen molar-refractivity contribution < 1.29 is 0 Å². The van der Waals surface area contributed by atoms with E-state index in [2.05, 4.69) is 47.6 Å². The van der Waals surface area contributed by atoms with Gasteiger partial charge in [-0.25, -0.2) is 0 Å². The van der Waals surface area contributed by atoms with Crippen LogP contribution < -0.4 is 0 Å². The minimum absolute atomic E-state index is 0.553. The Kier molecular flexibility index (Phi) is 5.83. The van der Waals surface area contributed by atoms with E-state index in [0.717, 1.165) is 41.4 Å². The molecule has 0 aliphatic heterocycles. The molecule has 4 unspecified atom stereocenters. The predicted molar refractivity (Wildman–Crippen MR) is 122 cm³/mol. The first-order valence-corrected chi connectivity index (χ1v) is 12.9. The maximum atomic E-state index is 2.75. The Morgan fingerprint density at radius 2 is 1.75 bits per heavy atom. The number of allylic oxidation sites excluding steroid dienone is 2. The third-order valence-corrected chi connectivity index (χ3v) is 10.6. The highest BCUT2D eigenvalue weighted by Crippen LogP contribution is 2.67. The van der Waals surface area contributed by atoms with E-state index in [9.17, 15) is 0 Å². The molecular formula is C28H48. The predicted octanol–water partition coefficient (Wildman–Crippen LogP) is 8.66. The molecule has 0 spiro atoms. The van der Waals surface area contributed by atoms with Crippen LogP contribution in [-0.2, 0) is 0 Å². The van der Waals surface area contributed by atoms with E-state index in [-0.39, 0.29) is 0 Å². The summed E-state index contributed by atoms with van der Waals surface area (Å²) in [5.41, 5.74) is 3.06. The third-order valence-electron chi connectivity index (χ3n) is 10.6. The van der Waals surface area contributed by atoms with Crippen molar-refractivity contribution in [2.24, 2.45) is 52.3 Å². The topological polar surface area (TPSA) is 0 Å². The van der Waals surface area contributed by atoms with Crippen LogP contribution in [-0.4, -0.2) is 0 Å². The lowest BCUT2D eigenvalue weighted by Gasteiger charge is -2.58. The Morgan fingerprint density at radius 3 is 2.50 bits per heavy atom. The minimum Gasteiger partial charge on any atom is -0.0845 e. The summed E-state index contributed by atoms with van der Waals surface area (Å²) in [4.78, 5) is 0. The molecule has 0 aromatic carbocycles. The van der Waals surface area contributed by atoms with Gasteiger partial charge in [0.1, 0.15) is 0 Å². The van der Waals surface area contributed by atoms with Crippen molar-refractivity contribution in [1.29, 1.82) is 0 Å². The van der Waals surface area contributed by atoms with Crippen molar-refractivity contribution in [2.45, 2.75) is 112 Å². The molecule has 4 aliphatic carbocycles. The fraction of sp³-hybridized carbons (Fsp3) is 0.929. The van der Waals surface area contributed by atoms with E-state index in [1.54, 1.807) is 0 Å². The lowest BCUT2D eigenvalue weighted by molar-refractivity contribution is -0.0523. The average Bonchev–Trinajstić information content (AvgIpc) is 2.99. The van der Waals surface area contributed by atoms with E-state index in [1.807, 2.05) is 5.57 Å². The highest BCUT2D eigenvalue weighted by Gasteiger charge is 2.58. The normalized spacial score (nSPS) is 46.5. The van der Waals surface area contributed by atoms with Crippen LogP contribution in [0.15, 0.2) is 11.6 Å². The first-order chi connectivity index (χ1) is 13.3. The Bertz CT molecular complexity index is 585. The summed E-state index contributed by atoms with van der Waals surface area (Å²) in [5, 5.41) is 0. The van der Waals surface area contributed by atoms with Crippen molar-refractivity contribution in [3.63, 3.8) is 0 Å². The van der Waals surface area contributed by atoms with E-state index in [1.165, 1.54) is 70.6 Å². The highest BCUT2D eigenvalue weighted by atomic mass is 14.6. The van der Waals surface area contributed by atoms with Gasteiger partial charge in [0.2, 0.25) is 0 Å². The van der Waals surface area contributed by atoms with Gasteiger partial charge in [0.25, 0.3) is 0 Å². The van der Waals surface area contributed by atoms with Gasteiger partial charge in [0.05, 0.1) is 0 Å². The largest absolute Gasteiger partial charge is 0.0845 e. The first kappa shape index (κ1) is 21.0. The quantitative estimate of drug-likeness (QED) is 0.416. The van der Waals surface area contributed by atoms with Gasteiger partial charge in [-0.3, -0.25) is 0 Å². The van der Waals surface area contributed by atoms with Crippen molar-refractivity contribution in [3.05, 3.63) is 11.6 Å². The van der Waals surface area contributed by atoms with Crippen molar-refractivity contribution in [2.75, 3.05) is 0 Å². The molecule has 28 heavy (non-hydrogen) atoms. The van der Waals surface area contributed by atoms with Crippen LogP contribution in [0.3, 0.4) is 0 Å². The molecule has 0 N–H and O–H groups in total. The molecule has 0 bridgehead atoms. The maximum absolute atomic E-state index is 2.75. The van der Waals surface area contributed by atoms with Gasteiger partial charge >= 0.3 is 0 Å². The Labute approximate surface area is 176 Å². The molecule has 0 saturated heterocycles. The number of rotatable bonds is 5. The van der Waals surface area contributed by atoms with E-state index < -0.39 is 0 Å². The Balaban J connectivity index is 1.49.